The first-order valence-electron chi connectivity index (χ1n) is 7.44. The van der Waals surface area contributed by atoms with Crippen LogP contribution in [-0.2, 0) is 13.2 Å². The van der Waals surface area contributed by atoms with Crippen LogP contribution in [0.5, 0.6) is 0 Å². The van der Waals surface area contributed by atoms with Crippen molar-refractivity contribution in [1.29, 1.82) is 0 Å². The van der Waals surface area contributed by atoms with Crippen molar-refractivity contribution in [3.63, 3.8) is 0 Å². The van der Waals surface area contributed by atoms with Crippen molar-refractivity contribution in [1.82, 2.24) is 15.5 Å². The number of benzene rings is 2. The van der Waals surface area contributed by atoms with Crippen LogP contribution in [0.4, 0.5) is 4.39 Å². The third kappa shape index (κ3) is 3.49. The maximum atomic E-state index is 13.3. The van der Waals surface area contributed by atoms with Crippen LogP contribution in [-0.4, -0.2) is 21.2 Å². The molecule has 0 atom stereocenters. The summed E-state index contributed by atoms with van der Waals surface area (Å²) in [4.78, 5) is 12.2. The summed E-state index contributed by atoms with van der Waals surface area (Å²) in [5, 5.41) is 18.6. The molecule has 5 nitrogen and oxygen atoms in total. The topological polar surface area (TPSA) is 78.0 Å². The molecular formula is C18H16FN3O2. The molecule has 6 heteroatoms. The first-order chi connectivity index (χ1) is 11.7. The number of aromatic amines is 1. The van der Waals surface area contributed by atoms with E-state index in [0.717, 1.165) is 5.56 Å². The molecule has 0 bridgehead atoms. The second-order valence-corrected chi connectivity index (χ2v) is 5.30. The number of halogens is 1. The molecule has 1 heterocycles. The zero-order valence-electron chi connectivity index (χ0n) is 12.8. The van der Waals surface area contributed by atoms with Gasteiger partial charge in [0.2, 0.25) is 0 Å². The quantitative estimate of drug-likeness (QED) is 0.675. The molecule has 2 aromatic carbocycles. The van der Waals surface area contributed by atoms with E-state index in [-0.39, 0.29) is 24.6 Å². The number of aromatic nitrogens is 2. The summed E-state index contributed by atoms with van der Waals surface area (Å²) in [5.41, 5.74) is 2.86. The van der Waals surface area contributed by atoms with Crippen LogP contribution in [0.15, 0.2) is 54.6 Å². The van der Waals surface area contributed by atoms with Gasteiger partial charge in [-0.2, -0.15) is 5.10 Å². The molecule has 3 N–H and O–H groups in total. The predicted molar refractivity (Wildman–Crippen MR) is 87.5 cm³/mol. The SMILES string of the molecule is O=C(NCc1ccc(F)c(CO)c1)c1cc(-c2ccccc2)n[nH]1. The number of carbonyl (C=O) groups is 1. The molecule has 0 saturated carbocycles. The van der Waals surface area contributed by atoms with Gasteiger partial charge in [0.05, 0.1) is 12.3 Å². The van der Waals surface area contributed by atoms with Crippen molar-refractivity contribution in [2.24, 2.45) is 0 Å². The van der Waals surface area contributed by atoms with Gasteiger partial charge in [0.25, 0.3) is 5.91 Å². The molecule has 0 fully saturated rings. The lowest BCUT2D eigenvalue weighted by molar-refractivity contribution is 0.0946. The Kier molecular flexibility index (Phi) is 4.67. The number of rotatable bonds is 5. The lowest BCUT2D eigenvalue weighted by Crippen LogP contribution is -2.23. The smallest absolute Gasteiger partial charge is 0.269 e. The summed E-state index contributed by atoms with van der Waals surface area (Å²) in [6, 6.07) is 15.6. The minimum absolute atomic E-state index is 0.203. The molecule has 0 saturated heterocycles. The Labute approximate surface area is 138 Å². The Balaban J connectivity index is 1.67. The number of carbonyl (C=O) groups excluding carboxylic acids is 1. The number of H-pyrrole nitrogens is 1. The Morgan fingerprint density at radius 2 is 1.96 bits per heavy atom. The lowest BCUT2D eigenvalue weighted by atomic mass is 10.1. The van der Waals surface area contributed by atoms with E-state index in [9.17, 15) is 9.18 Å². The zero-order chi connectivity index (χ0) is 16.9. The second-order valence-electron chi connectivity index (χ2n) is 5.30. The number of hydrogen-bond donors (Lipinski definition) is 3. The van der Waals surface area contributed by atoms with E-state index in [1.807, 2.05) is 30.3 Å². The van der Waals surface area contributed by atoms with E-state index in [2.05, 4.69) is 15.5 Å². The van der Waals surface area contributed by atoms with E-state index >= 15 is 0 Å². The highest BCUT2D eigenvalue weighted by Gasteiger charge is 2.11. The van der Waals surface area contributed by atoms with Crippen molar-refractivity contribution >= 4 is 5.91 Å². The first kappa shape index (κ1) is 15.9. The number of aliphatic hydroxyl groups is 1. The minimum atomic E-state index is -0.464. The fourth-order valence-electron chi connectivity index (χ4n) is 2.33. The molecule has 0 unspecified atom stereocenters. The normalized spacial score (nSPS) is 10.6. The van der Waals surface area contributed by atoms with E-state index in [1.54, 1.807) is 12.1 Å². The van der Waals surface area contributed by atoms with E-state index in [0.29, 0.717) is 17.0 Å². The largest absolute Gasteiger partial charge is 0.392 e. The van der Waals surface area contributed by atoms with Crippen LogP contribution in [0.1, 0.15) is 21.6 Å². The van der Waals surface area contributed by atoms with Crippen molar-refractivity contribution < 1.29 is 14.3 Å². The van der Waals surface area contributed by atoms with Crippen LogP contribution in [0.2, 0.25) is 0 Å². The van der Waals surface area contributed by atoms with Gasteiger partial charge in [-0.15, -0.1) is 0 Å². The highest BCUT2D eigenvalue weighted by Crippen LogP contribution is 2.17. The molecule has 0 aliphatic rings. The van der Waals surface area contributed by atoms with Gasteiger partial charge in [0.1, 0.15) is 11.5 Å². The molecule has 1 amide bonds. The second kappa shape index (κ2) is 7.06. The zero-order valence-corrected chi connectivity index (χ0v) is 12.8. The number of nitrogens with one attached hydrogen (secondary N) is 2. The maximum absolute atomic E-state index is 13.3. The number of nitrogens with zero attached hydrogens (tertiary/aromatic N) is 1. The van der Waals surface area contributed by atoms with Gasteiger partial charge >= 0.3 is 0 Å². The van der Waals surface area contributed by atoms with Crippen LogP contribution >= 0.6 is 0 Å². The van der Waals surface area contributed by atoms with Crippen molar-refractivity contribution in [3.05, 3.63) is 77.2 Å². The van der Waals surface area contributed by atoms with Crippen molar-refractivity contribution in [3.8, 4) is 11.3 Å². The molecule has 24 heavy (non-hydrogen) atoms. The van der Waals surface area contributed by atoms with Gasteiger partial charge < -0.3 is 10.4 Å². The van der Waals surface area contributed by atoms with Crippen molar-refractivity contribution in [2.75, 3.05) is 0 Å². The first-order valence-corrected chi connectivity index (χ1v) is 7.44. The molecule has 3 aromatic rings. The summed E-state index contributed by atoms with van der Waals surface area (Å²) in [6.45, 7) is -0.152. The van der Waals surface area contributed by atoms with E-state index < -0.39 is 5.82 Å². The maximum Gasteiger partial charge on any atom is 0.269 e. The molecule has 0 spiro atoms. The van der Waals surface area contributed by atoms with Crippen molar-refractivity contribution in [2.45, 2.75) is 13.2 Å². The Bertz CT molecular complexity index is 846. The van der Waals surface area contributed by atoms with Crippen LogP contribution < -0.4 is 5.32 Å². The fraction of sp³-hybridized carbons (Fsp3) is 0.111. The molecule has 122 valence electrons. The molecular weight excluding hydrogens is 309 g/mol. The minimum Gasteiger partial charge on any atom is -0.392 e. The van der Waals surface area contributed by atoms with Gasteiger partial charge in [-0.25, -0.2) is 4.39 Å². The summed E-state index contributed by atoms with van der Waals surface area (Å²) in [6.07, 6.45) is 0. The Morgan fingerprint density at radius 1 is 1.17 bits per heavy atom. The molecule has 0 radical (unpaired) electrons. The summed E-state index contributed by atoms with van der Waals surface area (Å²) >= 11 is 0. The van der Waals surface area contributed by atoms with E-state index in [1.165, 1.54) is 12.1 Å². The summed E-state index contributed by atoms with van der Waals surface area (Å²) in [5.74, 6) is -0.770. The Hall–Kier alpha value is -2.99. The third-order valence-electron chi connectivity index (χ3n) is 3.63. The fourth-order valence-corrected chi connectivity index (χ4v) is 2.33. The number of hydrogen-bond acceptors (Lipinski definition) is 3. The van der Waals surface area contributed by atoms with Crippen LogP contribution in [0.3, 0.4) is 0 Å². The monoisotopic (exact) mass is 325 g/mol. The summed E-state index contributed by atoms with van der Waals surface area (Å²) < 4.78 is 13.3. The predicted octanol–water partition coefficient (Wildman–Crippen LogP) is 2.64. The number of amides is 1. The average Bonchev–Trinajstić information content (AvgIpc) is 3.12. The van der Waals surface area contributed by atoms with Gasteiger partial charge in [0.15, 0.2) is 0 Å². The molecule has 1 aromatic heterocycles. The molecule has 3 rings (SSSR count). The van der Waals surface area contributed by atoms with Gasteiger partial charge in [-0.05, 0) is 23.8 Å². The van der Waals surface area contributed by atoms with Crippen LogP contribution in [0, 0.1) is 5.82 Å². The Morgan fingerprint density at radius 3 is 2.71 bits per heavy atom. The van der Waals surface area contributed by atoms with Gasteiger partial charge in [-0.3, -0.25) is 9.89 Å². The van der Waals surface area contributed by atoms with E-state index in [4.69, 9.17) is 5.11 Å². The standard InChI is InChI=1S/C18H16FN3O2/c19-15-7-6-12(8-14(15)11-23)10-20-18(24)17-9-16(21-22-17)13-4-2-1-3-5-13/h1-9,23H,10-11H2,(H,20,24)(H,21,22). The molecule has 0 aliphatic carbocycles. The highest BCUT2D eigenvalue weighted by molar-refractivity contribution is 5.93. The lowest BCUT2D eigenvalue weighted by Gasteiger charge is -2.06. The number of aliphatic hydroxyl groups excluding tert-OH is 1. The average molecular weight is 325 g/mol. The van der Waals surface area contributed by atoms with Gasteiger partial charge in [-0.1, -0.05) is 36.4 Å². The van der Waals surface area contributed by atoms with Gasteiger partial charge in [0, 0.05) is 17.7 Å². The highest BCUT2D eigenvalue weighted by atomic mass is 19.1. The van der Waals surface area contributed by atoms with Crippen LogP contribution in [0.25, 0.3) is 11.3 Å². The molecule has 0 aliphatic heterocycles. The third-order valence-corrected chi connectivity index (χ3v) is 3.63. The summed E-state index contributed by atoms with van der Waals surface area (Å²) in [7, 11) is 0.